The Morgan fingerprint density at radius 3 is 2.32 bits per heavy atom. The number of benzene rings is 2. The summed E-state index contributed by atoms with van der Waals surface area (Å²) in [4.78, 5) is 24.6. The van der Waals surface area contributed by atoms with Gasteiger partial charge in [-0.05, 0) is 43.7 Å². The number of nitrogens with zero attached hydrogens (tertiary/aromatic N) is 1. The van der Waals surface area contributed by atoms with E-state index < -0.39 is 27.9 Å². The van der Waals surface area contributed by atoms with Crippen molar-refractivity contribution in [3.63, 3.8) is 0 Å². The van der Waals surface area contributed by atoms with Crippen LogP contribution in [-0.4, -0.2) is 39.7 Å². The molecule has 1 atom stereocenters. The lowest BCUT2D eigenvalue weighted by Gasteiger charge is -2.30. The van der Waals surface area contributed by atoms with E-state index in [2.05, 4.69) is 10.1 Å². The molecule has 0 saturated heterocycles. The Kier molecular flexibility index (Phi) is 6.80. The number of rotatable bonds is 7. The average Bonchev–Trinajstić information content (AvgIpc) is 2.65. The second kappa shape index (κ2) is 8.88. The molecule has 2 aromatic rings. The van der Waals surface area contributed by atoms with E-state index in [1.54, 1.807) is 49.4 Å². The fourth-order valence-electron chi connectivity index (χ4n) is 2.82. The number of esters is 1. The summed E-state index contributed by atoms with van der Waals surface area (Å²) in [5, 5.41) is 2.69. The van der Waals surface area contributed by atoms with Crippen LogP contribution in [0.25, 0.3) is 0 Å². The molecule has 7 nitrogen and oxygen atoms in total. The Morgan fingerprint density at radius 2 is 1.79 bits per heavy atom. The highest BCUT2D eigenvalue weighted by Gasteiger charge is 2.31. The smallest absolute Gasteiger partial charge is 0.337 e. The number of nitrogens with one attached hydrogen (secondary N) is 1. The van der Waals surface area contributed by atoms with Crippen LogP contribution in [0.4, 0.5) is 11.4 Å². The fraction of sp³-hybridized carbons (Fsp3) is 0.300. The van der Waals surface area contributed by atoms with Crippen LogP contribution in [0.5, 0.6) is 0 Å². The molecular weight excluding hydrogens is 380 g/mol. The first-order valence-electron chi connectivity index (χ1n) is 8.72. The highest BCUT2D eigenvalue weighted by atomic mass is 32.2. The van der Waals surface area contributed by atoms with Gasteiger partial charge in [0.05, 0.1) is 24.6 Å². The number of aryl methyl sites for hydroxylation is 1. The number of carbonyl (C=O) groups excluding carboxylic acids is 2. The van der Waals surface area contributed by atoms with Gasteiger partial charge in [-0.1, -0.05) is 30.7 Å². The molecular formula is C20H24N2O5S. The Balaban J connectivity index is 2.34. The molecule has 2 aromatic carbocycles. The van der Waals surface area contributed by atoms with Gasteiger partial charge < -0.3 is 10.1 Å². The molecule has 1 amide bonds. The lowest BCUT2D eigenvalue weighted by Crippen LogP contribution is -2.47. The minimum Gasteiger partial charge on any atom is -0.465 e. The van der Waals surface area contributed by atoms with E-state index in [1.165, 1.54) is 13.2 Å². The predicted molar refractivity (Wildman–Crippen MR) is 109 cm³/mol. The Labute approximate surface area is 165 Å². The minimum atomic E-state index is -3.71. The van der Waals surface area contributed by atoms with Crippen LogP contribution >= 0.6 is 0 Å². The van der Waals surface area contributed by atoms with Crippen molar-refractivity contribution in [2.45, 2.75) is 26.3 Å². The number of carbonyl (C=O) groups is 2. The van der Waals surface area contributed by atoms with Crippen LogP contribution in [0, 0.1) is 6.92 Å². The van der Waals surface area contributed by atoms with E-state index in [0.29, 0.717) is 11.4 Å². The summed E-state index contributed by atoms with van der Waals surface area (Å²) in [6.07, 6.45) is 1.34. The number of hydrogen-bond donors (Lipinski definition) is 1. The van der Waals surface area contributed by atoms with Crippen molar-refractivity contribution in [1.82, 2.24) is 0 Å². The molecule has 2 rings (SSSR count). The van der Waals surface area contributed by atoms with Crippen LogP contribution in [0.15, 0.2) is 48.5 Å². The molecule has 0 heterocycles. The maximum absolute atomic E-state index is 12.9. The topological polar surface area (TPSA) is 92.8 Å². The van der Waals surface area contributed by atoms with Crippen LogP contribution < -0.4 is 9.62 Å². The van der Waals surface area contributed by atoms with Gasteiger partial charge in [0.2, 0.25) is 15.9 Å². The summed E-state index contributed by atoms with van der Waals surface area (Å²) in [5.74, 6) is -1.02. The van der Waals surface area contributed by atoms with Crippen molar-refractivity contribution in [3.05, 3.63) is 59.7 Å². The standard InChI is InChI=1S/C20H24N2O5S/c1-5-18(22(28(4,25)26)17-11-9-14(2)10-12-17)19(23)21-16-8-6-7-15(13-16)20(24)27-3/h6-13,18H,5H2,1-4H3,(H,21,23). The molecule has 28 heavy (non-hydrogen) atoms. The summed E-state index contributed by atoms with van der Waals surface area (Å²) >= 11 is 0. The van der Waals surface area contributed by atoms with Gasteiger partial charge in [0.25, 0.3) is 0 Å². The van der Waals surface area contributed by atoms with E-state index in [1.807, 2.05) is 6.92 Å². The number of sulfonamides is 1. The maximum atomic E-state index is 12.9. The van der Waals surface area contributed by atoms with Gasteiger partial charge in [-0.2, -0.15) is 0 Å². The molecule has 1 unspecified atom stereocenters. The van der Waals surface area contributed by atoms with Crippen LogP contribution in [0.3, 0.4) is 0 Å². The van der Waals surface area contributed by atoms with Gasteiger partial charge >= 0.3 is 5.97 Å². The van der Waals surface area contributed by atoms with E-state index in [-0.39, 0.29) is 12.0 Å². The predicted octanol–water partition coefficient (Wildman–Crippen LogP) is 2.96. The first-order chi connectivity index (χ1) is 13.2. The molecule has 1 N–H and O–H groups in total. The molecule has 0 fully saturated rings. The zero-order valence-corrected chi connectivity index (χ0v) is 17.1. The molecule has 8 heteroatoms. The molecule has 0 aliphatic carbocycles. The van der Waals surface area contributed by atoms with Gasteiger partial charge in [0, 0.05) is 5.69 Å². The first kappa shape index (κ1) is 21.4. The Morgan fingerprint density at radius 1 is 1.14 bits per heavy atom. The summed E-state index contributed by atoms with van der Waals surface area (Å²) in [5.41, 5.74) is 2.06. The van der Waals surface area contributed by atoms with Gasteiger partial charge in [-0.3, -0.25) is 9.10 Å². The van der Waals surface area contributed by atoms with Gasteiger partial charge in [0.1, 0.15) is 6.04 Å². The van der Waals surface area contributed by atoms with E-state index in [4.69, 9.17) is 0 Å². The van der Waals surface area contributed by atoms with Crippen molar-refractivity contribution in [2.24, 2.45) is 0 Å². The van der Waals surface area contributed by atoms with Gasteiger partial charge in [-0.15, -0.1) is 0 Å². The lowest BCUT2D eigenvalue weighted by molar-refractivity contribution is -0.117. The largest absolute Gasteiger partial charge is 0.465 e. The van der Waals surface area contributed by atoms with Gasteiger partial charge in [0.15, 0.2) is 0 Å². The van der Waals surface area contributed by atoms with Crippen molar-refractivity contribution in [2.75, 3.05) is 23.0 Å². The Hall–Kier alpha value is -2.87. The summed E-state index contributed by atoms with van der Waals surface area (Å²) in [6, 6.07) is 12.2. The second-order valence-corrected chi connectivity index (χ2v) is 8.24. The third-order valence-corrected chi connectivity index (χ3v) is 5.35. The number of anilines is 2. The highest BCUT2D eigenvalue weighted by Crippen LogP contribution is 2.24. The van der Waals surface area contributed by atoms with Crippen LogP contribution in [0.2, 0.25) is 0 Å². The van der Waals surface area contributed by atoms with Crippen molar-refractivity contribution in [3.8, 4) is 0 Å². The maximum Gasteiger partial charge on any atom is 0.337 e. The van der Waals surface area contributed by atoms with Crippen LogP contribution in [0.1, 0.15) is 29.3 Å². The van der Waals surface area contributed by atoms with E-state index in [0.717, 1.165) is 16.1 Å². The highest BCUT2D eigenvalue weighted by molar-refractivity contribution is 7.92. The molecule has 0 aromatic heterocycles. The van der Waals surface area contributed by atoms with E-state index >= 15 is 0 Å². The Bertz CT molecular complexity index is 955. The first-order valence-corrected chi connectivity index (χ1v) is 10.6. The number of hydrogen-bond acceptors (Lipinski definition) is 5. The third-order valence-electron chi connectivity index (χ3n) is 4.17. The number of methoxy groups -OCH3 is 1. The summed E-state index contributed by atoms with van der Waals surface area (Å²) < 4.78 is 30.7. The SMILES string of the molecule is CCC(C(=O)Nc1cccc(C(=O)OC)c1)N(c1ccc(C)cc1)S(C)(=O)=O. The zero-order valence-electron chi connectivity index (χ0n) is 16.3. The average molecular weight is 404 g/mol. The third kappa shape index (κ3) is 5.10. The van der Waals surface area contributed by atoms with Crippen molar-refractivity contribution >= 4 is 33.3 Å². The molecule has 150 valence electrons. The van der Waals surface area contributed by atoms with Gasteiger partial charge in [-0.25, -0.2) is 13.2 Å². The fourth-order valence-corrected chi connectivity index (χ4v) is 4.03. The summed E-state index contributed by atoms with van der Waals surface area (Å²) in [6.45, 7) is 3.63. The van der Waals surface area contributed by atoms with Crippen molar-refractivity contribution < 1.29 is 22.7 Å². The van der Waals surface area contributed by atoms with Crippen LogP contribution in [-0.2, 0) is 19.6 Å². The number of amides is 1. The monoisotopic (exact) mass is 404 g/mol. The second-order valence-electron chi connectivity index (χ2n) is 6.38. The summed E-state index contributed by atoms with van der Waals surface area (Å²) in [7, 11) is -2.44. The zero-order chi connectivity index (χ0) is 20.9. The minimum absolute atomic E-state index is 0.267. The van der Waals surface area contributed by atoms with E-state index in [9.17, 15) is 18.0 Å². The quantitative estimate of drug-likeness (QED) is 0.716. The molecule has 0 spiro atoms. The molecule has 0 saturated carbocycles. The molecule has 0 aliphatic rings. The van der Waals surface area contributed by atoms with Crippen molar-refractivity contribution in [1.29, 1.82) is 0 Å². The molecule has 0 aliphatic heterocycles. The lowest BCUT2D eigenvalue weighted by atomic mass is 10.1. The molecule has 0 radical (unpaired) electrons. The normalized spacial score (nSPS) is 12.1. The molecule has 0 bridgehead atoms. The number of ether oxygens (including phenoxy) is 1.